The van der Waals surface area contributed by atoms with Crippen molar-refractivity contribution in [3.05, 3.63) is 114 Å². The van der Waals surface area contributed by atoms with Gasteiger partial charge >= 0.3 is 0 Å². The first-order valence-corrected chi connectivity index (χ1v) is 12.0. The topological polar surface area (TPSA) is 60.9 Å². The fourth-order valence-electron chi connectivity index (χ4n) is 4.53. The molecule has 7 rings (SSSR count). The molecule has 0 saturated heterocycles. The van der Waals surface area contributed by atoms with E-state index in [9.17, 15) is 0 Å². The molecule has 0 fully saturated rings. The average Bonchev–Trinajstić information content (AvgIpc) is 3.28. The lowest BCUT2D eigenvalue weighted by atomic mass is 10.2. The minimum atomic E-state index is 0.485. The van der Waals surface area contributed by atoms with Crippen LogP contribution in [0.25, 0.3) is 56.4 Å². The quantitative estimate of drug-likeness (QED) is 0.263. The van der Waals surface area contributed by atoms with Crippen molar-refractivity contribution in [3.8, 4) is 28.7 Å². The summed E-state index contributed by atoms with van der Waals surface area (Å²) in [4.78, 5) is 19.7. The van der Waals surface area contributed by atoms with Gasteiger partial charge in [0.25, 0.3) is 0 Å². The highest BCUT2D eigenvalue weighted by Gasteiger charge is 2.19. The maximum Gasteiger partial charge on any atom is 0.241 e. The molecule has 0 N–H and O–H groups in total. The molecular formula is C29H18N6S. The van der Waals surface area contributed by atoms with Gasteiger partial charge in [-0.05, 0) is 24.3 Å². The molecule has 36 heavy (non-hydrogen) atoms. The van der Waals surface area contributed by atoms with Crippen LogP contribution in [-0.4, -0.2) is 28.9 Å². The van der Waals surface area contributed by atoms with Crippen LogP contribution < -0.4 is 0 Å². The van der Waals surface area contributed by atoms with Gasteiger partial charge in [0, 0.05) is 16.5 Å². The summed E-state index contributed by atoms with van der Waals surface area (Å²) in [6, 6.07) is 35.9. The largest absolute Gasteiger partial charge is 0.268 e. The van der Waals surface area contributed by atoms with Gasteiger partial charge in [-0.3, -0.25) is 4.40 Å². The smallest absolute Gasteiger partial charge is 0.241 e. The molecule has 7 heteroatoms. The molecule has 0 spiro atoms. The van der Waals surface area contributed by atoms with E-state index in [1.807, 2.05) is 118 Å². The molecule has 0 amide bonds. The zero-order valence-corrected chi connectivity index (χ0v) is 19.8. The number of para-hydroxylation sites is 3. The Balaban J connectivity index is 1.62. The standard InChI is InChI=1S/C29H18N6S/c36-27-21-15-7-8-16-22(21)30-29-34(27)23-17-9-10-18-24(23)35(29)28-32-25(19-11-3-1-4-12-19)31-26(33-28)20-13-5-2-6-14-20/h1-18H. The lowest BCUT2D eigenvalue weighted by Gasteiger charge is -2.10. The van der Waals surface area contributed by atoms with Crippen molar-refractivity contribution in [2.75, 3.05) is 0 Å². The molecule has 0 bridgehead atoms. The van der Waals surface area contributed by atoms with Crippen LogP contribution in [0.2, 0.25) is 0 Å². The first-order valence-electron chi connectivity index (χ1n) is 11.6. The second-order valence-electron chi connectivity index (χ2n) is 8.41. The lowest BCUT2D eigenvalue weighted by molar-refractivity contribution is 0.929. The summed E-state index contributed by atoms with van der Waals surface area (Å²) in [6.07, 6.45) is 0. The highest BCUT2D eigenvalue weighted by Crippen LogP contribution is 2.28. The SMILES string of the molecule is S=c1c2ccccc2nc2n(-c3nc(-c4ccccc4)nc(-c4ccccc4)n3)c3ccccc3n12. The minimum absolute atomic E-state index is 0.485. The Morgan fingerprint density at radius 2 is 1.08 bits per heavy atom. The third-order valence-electron chi connectivity index (χ3n) is 6.21. The van der Waals surface area contributed by atoms with Crippen LogP contribution in [0, 0.1) is 4.64 Å². The monoisotopic (exact) mass is 482 g/mol. The number of hydrogen-bond donors (Lipinski definition) is 0. The maximum absolute atomic E-state index is 5.95. The van der Waals surface area contributed by atoms with Crippen molar-refractivity contribution in [3.63, 3.8) is 0 Å². The second-order valence-corrected chi connectivity index (χ2v) is 8.80. The van der Waals surface area contributed by atoms with Gasteiger partial charge < -0.3 is 0 Å². The van der Waals surface area contributed by atoms with Crippen molar-refractivity contribution >= 4 is 39.9 Å². The summed E-state index contributed by atoms with van der Waals surface area (Å²) in [5.74, 6) is 2.33. The van der Waals surface area contributed by atoms with Crippen LogP contribution in [0.5, 0.6) is 0 Å². The zero-order chi connectivity index (χ0) is 24.1. The normalized spacial score (nSPS) is 11.4. The van der Waals surface area contributed by atoms with Crippen LogP contribution >= 0.6 is 12.2 Å². The Bertz CT molecular complexity index is 1900. The number of fused-ring (bicyclic) bond motifs is 4. The third kappa shape index (κ3) is 3.21. The van der Waals surface area contributed by atoms with Crippen molar-refractivity contribution in [1.29, 1.82) is 0 Å². The highest BCUT2D eigenvalue weighted by atomic mass is 32.1. The molecule has 0 aliphatic heterocycles. The van der Waals surface area contributed by atoms with Crippen LogP contribution in [0.15, 0.2) is 109 Å². The lowest BCUT2D eigenvalue weighted by Crippen LogP contribution is -2.08. The molecular weight excluding hydrogens is 464 g/mol. The summed E-state index contributed by atoms with van der Waals surface area (Å²) in [7, 11) is 0. The molecule has 0 saturated carbocycles. The molecule has 0 radical (unpaired) electrons. The Hall–Kier alpha value is -4.75. The predicted octanol–water partition coefficient (Wildman–Crippen LogP) is 6.68. The molecule has 0 aliphatic carbocycles. The fraction of sp³-hybridized carbons (Fsp3) is 0. The van der Waals surface area contributed by atoms with E-state index in [1.165, 1.54) is 0 Å². The van der Waals surface area contributed by atoms with Gasteiger partial charge in [0.1, 0.15) is 4.64 Å². The summed E-state index contributed by atoms with van der Waals surface area (Å²) in [5, 5.41) is 0.929. The molecule has 0 aliphatic rings. The molecule has 3 aromatic heterocycles. The fourth-order valence-corrected chi connectivity index (χ4v) is 4.89. The van der Waals surface area contributed by atoms with E-state index in [0.717, 1.165) is 33.1 Å². The van der Waals surface area contributed by atoms with Crippen molar-refractivity contribution in [2.24, 2.45) is 0 Å². The van der Waals surface area contributed by atoms with E-state index in [1.54, 1.807) is 0 Å². The second kappa shape index (κ2) is 8.18. The van der Waals surface area contributed by atoms with E-state index in [-0.39, 0.29) is 0 Å². The van der Waals surface area contributed by atoms with Crippen molar-refractivity contribution in [2.45, 2.75) is 0 Å². The Labute approximate surface area is 211 Å². The van der Waals surface area contributed by atoms with Crippen LogP contribution in [0.3, 0.4) is 0 Å². The number of nitrogens with zero attached hydrogens (tertiary/aromatic N) is 6. The number of hydrogen-bond acceptors (Lipinski definition) is 5. The van der Waals surface area contributed by atoms with Gasteiger partial charge in [-0.1, -0.05) is 97.1 Å². The highest BCUT2D eigenvalue weighted by molar-refractivity contribution is 7.71. The molecule has 0 unspecified atom stereocenters. The van der Waals surface area contributed by atoms with Gasteiger partial charge in [-0.15, -0.1) is 0 Å². The molecule has 3 heterocycles. The number of benzene rings is 4. The van der Waals surface area contributed by atoms with E-state index in [0.29, 0.717) is 28.0 Å². The van der Waals surface area contributed by atoms with E-state index >= 15 is 0 Å². The van der Waals surface area contributed by atoms with E-state index in [2.05, 4.69) is 0 Å². The summed E-state index contributed by atoms with van der Waals surface area (Å²) >= 11 is 5.95. The van der Waals surface area contributed by atoms with Crippen LogP contribution in [0.1, 0.15) is 0 Å². The summed E-state index contributed by atoms with van der Waals surface area (Å²) in [5.41, 5.74) is 4.50. The Kier molecular flexibility index (Phi) is 4.68. The van der Waals surface area contributed by atoms with Crippen molar-refractivity contribution in [1.82, 2.24) is 28.9 Å². The molecule has 6 nitrogen and oxygen atoms in total. The van der Waals surface area contributed by atoms with Gasteiger partial charge in [0.05, 0.1) is 16.6 Å². The molecule has 7 aromatic rings. The molecule has 170 valence electrons. The van der Waals surface area contributed by atoms with Crippen molar-refractivity contribution < 1.29 is 0 Å². The van der Waals surface area contributed by atoms with Crippen LogP contribution in [0.4, 0.5) is 0 Å². The summed E-state index contributed by atoms with van der Waals surface area (Å²) < 4.78 is 4.67. The van der Waals surface area contributed by atoms with Gasteiger partial charge in [0.2, 0.25) is 11.7 Å². The minimum Gasteiger partial charge on any atom is -0.268 e. The van der Waals surface area contributed by atoms with E-state index in [4.69, 9.17) is 32.2 Å². The molecule has 4 aromatic carbocycles. The van der Waals surface area contributed by atoms with Gasteiger partial charge in [0.15, 0.2) is 11.6 Å². The number of imidazole rings is 1. The Morgan fingerprint density at radius 3 is 1.75 bits per heavy atom. The predicted molar refractivity (Wildman–Crippen MR) is 145 cm³/mol. The first-order chi connectivity index (χ1) is 17.8. The maximum atomic E-state index is 5.95. The number of rotatable bonds is 3. The summed E-state index contributed by atoms with van der Waals surface area (Å²) in [6.45, 7) is 0. The van der Waals surface area contributed by atoms with Gasteiger partial charge in [-0.25, -0.2) is 14.5 Å². The van der Waals surface area contributed by atoms with Gasteiger partial charge in [-0.2, -0.15) is 9.97 Å². The Morgan fingerprint density at radius 1 is 0.528 bits per heavy atom. The molecule has 0 atom stereocenters. The van der Waals surface area contributed by atoms with Crippen LogP contribution in [-0.2, 0) is 0 Å². The first kappa shape index (κ1) is 20.6. The van der Waals surface area contributed by atoms with E-state index < -0.39 is 0 Å². The third-order valence-corrected chi connectivity index (χ3v) is 6.61. The average molecular weight is 483 g/mol. The number of aromatic nitrogens is 6. The zero-order valence-electron chi connectivity index (χ0n) is 19.0.